The van der Waals surface area contributed by atoms with E-state index in [4.69, 9.17) is 15.2 Å². The lowest BCUT2D eigenvalue weighted by Gasteiger charge is -2.33. The third kappa shape index (κ3) is 6.95. The summed E-state index contributed by atoms with van der Waals surface area (Å²) in [6.45, 7) is 12.5. The van der Waals surface area contributed by atoms with Gasteiger partial charge in [0, 0.05) is 39.3 Å². The Morgan fingerprint density at radius 3 is 2.06 bits per heavy atom. The number of rotatable bonds is 9. The van der Waals surface area contributed by atoms with E-state index in [1.165, 1.54) is 32.7 Å². The van der Waals surface area contributed by atoms with Gasteiger partial charge in [0.15, 0.2) is 0 Å². The number of nitrogens with zero attached hydrogens (tertiary/aromatic N) is 2. The van der Waals surface area contributed by atoms with Gasteiger partial charge in [-0.2, -0.15) is 0 Å². The van der Waals surface area contributed by atoms with Crippen LogP contribution < -0.4 is 5.73 Å². The topological polar surface area (TPSA) is 51.0 Å². The maximum Gasteiger partial charge on any atom is 0.0701 e. The van der Waals surface area contributed by atoms with Crippen LogP contribution in [-0.4, -0.2) is 82.0 Å². The van der Waals surface area contributed by atoms with Gasteiger partial charge in [-0.25, -0.2) is 0 Å². The van der Waals surface area contributed by atoms with E-state index in [2.05, 4.69) is 16.7 Å². The molecule has 1 fully saturated rings. The first-order valence-electron chi connectivity index (χ1n) is 6.67. The highest BCUT2D eigenvalue weighted by atomic mass is 16.5. The molecule has 0 atom stereocenters. The normalized spacial score (nSPS) is 18.7. The molecule has 0 bridgehead atoms. The van der Waals surface area contributed by atoms with Crippen LogP contribution in [0.3, 0.4) is 0 Å². The highest BCUT2D eigenvalue weighted by Gasteiger charge is 2.14. The maximum absolute atomic E-state index is 5.52. The molecule has 102 valence electrons. The summed E-state index contributed by atoms with van der Waals surface area (Å²) in [5.74, 6) is 0. The van der Waals surface area contributed by atoms with Crippen molar-refractivity contribution < 1.29 is 9.47 Å². The lowest BCUT2D eigenvalue weighted by Crippen LogP contribution is -2.47. The van der Waals surface area contributed by atoms with Gasteiger partial charge in [-0.05, 0) is 6.54 Å². The van der Waals surface area contributed by atoms with Gasteiger partial charge >= 0.3 is 0 Å². The van der Waals surface area contributed by atoms with Crippen LogP contribution in [0, 0.1) is 0 Å². The van der Waals surface area contributed by atoms with Gasteiger partial charge in [-0.15, -0.1) is 0 Å². The Balaban J connectivity index is 1.87. The molecule has 1 rings (SSSR count). The number of piperazine rings is 1. The molecule has 0 amide bonds. The third-order valence-corrected chi connectivity index (χ3v) is 3.10. The summed E-state index contributed by atoms with van der Waals surface area (Å²) in [6, 6.07) is 0. The fourth-order valence-corrected chi connectivity index (χ4v) is 1.93. The molecule has 0 saturated carbocycles. The van der Waals surface area contributed by atoms with Gasteiger partial charge in [0.2, 0.25) is 0 Å². The van der Waals surface area contributed by atoms with Crippen LogP contribution in [0.5, 0.6) is 0 Å². The van der Waals surface area contributed by atoms with Gasteiger partial charge in [0.05, 0.1) is 26.4 Å². The van der Waals surface area contributed by atoms with E-state index in [9.17, 15) is 0 Å². The molecule has 1 saturated heterocycles. The van der Waals surface area contributed by atoms with Crippen LogP contribution in [0.25, 0.3) is 0 Å². The van der Waals surface area contributed by atoms with Crippen LogP contribution in [0.15, 0.2) is 0 Å². The number of hydrogen-bond acceptors (Lipinski definition) is 5. The fourth-order valence-electron chi connectivity index (χ4n) is 1.93. The first-order valence-corrected chi connectivity index (χ1v) is 6.67. The molecule has 5 heteroatoms. The zero-order chi connectivity index (χ0) is 12.3. The second-order valence-corrected chi connectivity index (χ2v) is 4.29. The van der Waals surface area contributed by atoms with Crippen molar-refractivity contribution in [1.82, 2.24) is 9.80 Å². The average molecular weight is 245 g/mol. The summed E-state index contributed by atoms with van der Waals surface area (Å²) < 4.78 is 10.7. The minimum Gasteiger partial charge on any atom is -0.378 e. The molecule has 17 heavy (non-hydrogen) atoms. The van der Waals surface area contributed by atoms with Crippen LogP contribution in [0.4, 0.5) is 0 Å². The Morgan fingerprint density at radius 1 is 0.882 bits per heavy atom. The highest BCUT2D eigenvalue weighted by molar-refractivity contribution is 4.70. The lowest BCUT2D eigenvalue weighted by atomic mass is 10.3. The number of ether oxygens (including phenoxy) is 2. The van der Waals surface area contributed by atoms with Crippen LogP contribution in [0.2, 0.25) is 0 Å². The Labute approximate surface area is 105 Å². The first-order chi connectivity index (χ1) is 8.36. The molecule has 0 spiro atoms. The quantitative estimate of drug-likeness (QED) is 0.561. The number of hydrogen-bond donors (Lipinski definition) is 1. The summed E-state index contributed by atoms with van der Waals surface area (Å²) in [5, 5.41) is 0. The van der Waals surface area contributed by atoms with Gasteiger partial charge in [0.1, 0.15) is 0 Å². The molecule has 0 unspecified atom stereocenters. The second-order valence-electron chi connectivity index (χ2n) is 4.29. The first kappa shape index (κ1) is 14.9. The van der Waals surface area contributed by atoms with Crippen molar-refractivity contribution in [2.75, 3.05) is 72.2 Å². The van der Waals surface area contributed by atoms with Crippen molar-refractivity contribution in [1.29, 1.82) is 0 Å². The molecule has 0 aliphatic carbocycles. The molecule has 2 N–H and O–H groups in total. The van der Waals surface area contributed by atoms with E-state index in [0.29, 0.717) is 26.4 Å². The molecule has 0 aromatic heterocycles. The van der Waals surface area contributed by atoms with Crippen molar-refractivity contribution in [2.45, 2.75) is 6.92 Å². The molecule has 0 radical (unpaired) electrons. The van der Waals surface area contributed by atoms with Crippen LogP contribution in [0.1, 0.15) is 6.92 Å². The summed E-state index contributed by atoms with van der Waals surface area (Å²) in [7, 11) is 0. The van der Waals surface area contributed by atoms with E-state index in [-0.39, 0.29) is 0 Å². The molecular formula is C12H27N3O2. The predicted octanol–water partition coefficient (Wildman–Crippen LogP) is -0.384. The molecule has 1 aliphatic rings. The summed E-state index contributed by atoms with van der Waals surface area (Å²) in [6.07, 6.45) is 0. The molecule has 0 aromatic rings. The van der Waals surface area contributed by atoms with Crippen molar-refractivity contribution >= 4 is 0 Å². The van der Waals surface area contributed by atoms with E-state index in [1.807, 2.05) is 0 Å². The molecule has 1 heterocycles. The zero-order valence-electron chi connectivity index (χ0n) is 11.1. The Hall–Kier alpha value is -0.200. The molecule has 1 aliphatic heterocycles. The Kier molecular flexibility index (Phi) is 8.56. The monoisotopic (exact) mass is 245 g/mol. The smallest absolute Gasteiger partial charge is 0.0701 e. The van der Waals surface area contributed by atoms with Crippen molar-refractivity contribution in [3.63, 3.8) is 0 Å². The van der Waals surface area contributed by atoms with E-state index in [1.54, 1.807) is 0 Å². The second kappa shape index (κ2) is 9.79. The fraction of sp³-hybridized carbons (Fsp3) is 1.00. The molecular weight excluding hydrogens is 218 g/mol. The van der Waals surface area contributed by atoms with Gasteiger partial charge in [-0.3, -0.25) is 4.90 Å². The predicted molar refractivity (Wildman–Crippen MR) is 69.2 cm³/mol. The summed E-state index contributed by atoms with van der Waals surface area (Å²) in [4.78, 5) is 4.95. The lowest BCUT2D eigenvalue weighted by molar-refractivity contribution is 0.0341. The van der Waals surface area contributed by atoms with Crippen molar-refractivity contribution in [3.05, 3.63) is 0 Å². The zero-order valence-corrected chi connectivity index (χ0v) is 11.1. The third-order valence-electron chi connectivity index (χ3n) is 3.10. The number of likely N-dealkylation sites (N-methyl/N-ethyl adjacent to an activating group) is 1. The Morgan fingerprint density at radius 2 is 1.47 bits per heavy atom. The Bertz CT molecular complexity index is 173. The molecule has 0 aromatic carbocycles. The summed E-state index contributed by atoms with van der Waals surface area (Å²) in [5.41, 5.74) is 5.31. The minimum atomic E-state index is 0.585. The minimum absolute atomic E-state index is 0.585. The van der Waals surface area contributed by atoms with Gasteiger partial charge in [-0.1, -0.05) is 6.92 Å². The van der Waals surface area contributed by atoms with Gasteiger partial charge < -0.3 is 20.1 Å². The van der Waals surface area contributed by atoms with Crippen LogP contribution >= 0.6 is 0 Å². The van der Waals surface area contributed by atoms with E-state index >= 15 is 0 Å². The van der Waals surface area contributed by atoms with E-state index in [0.717, 1.165) is 13.2 Å². The standard InChI is InChI=1S/C12H27N3O2/c1-2-14-4-6-15(7-5-14)8-10-17-12-11-16-9-3-13/h2-13H2,1H3. The van der Waals surface area contributed by atoms with Gasteiger partial charge in [0.25, 0.3) is 0 Å². The average Bonchev–Trinajstić information content (AvgIpc) is 2.38. The molecule has 5 nitrogen and oxygen atoms in total. The largest absolute Gasteiger partial charge is 0.378 e. The highest BCUT2D eigenvalue weighted by Crippen LogP contribution is 2.00. The summed E-state index contributed by atoms with van der Waals surface area (Å²) >= 11 is 0. The maximum atomic E-state index is 5.52. The van der Waals surface area contributed by atoms with Crippen molar-refractivity contribution in [2.24, 2.45) is 5.73 Å². The SMILES string of the molecule is CCN1CCN(CCOCCOCCN)CC1. The number of nitrogens with two attached hydrogens (primary N) is 1. The van der Waals surface area contributed by atoms with E-state index < -0.39 is 0 Å². The van der Waals surface area contributed by atoms with Crippen LogP contribution in [-0.2, 0) is 9.47 Å². The van der Waals surface area contributed by atoms with Crippen molar-refractivity contribution in [3.8, 4) is 0 Å².